The average molecular weight is 363 g/mol. The van der Waals surface area contributed by atoms with E-state index in [9.17, 15) is 14.4 Å². The second-order valence-corrected chi connectivity index (χ2v) is 5.87. The highest BCUT2D eigenvalue weighted by Gasteiger charge is 2.26. The molecule has 1 aromatic rings. The zero-order valence-electron chi connectivity index (χ0n) is 15.4. The molecule has 1 heterocycles. The maximum Gasteiger partial charge on any atom is 0.409 e. The van der Waals surface area contributed by atoms with Crippen molar-refractivity contribution in [3.63, 3.8) is 0 Å². The SMILES string of the molecule is CCOC(=O)N1CCN(C(=O)CN(C(C)=O)c2ccc(OC)cc2)CC1. The number of anilines is 1. The number of benzene rings is 1. The van der Waals surface area contributed by atoms with Crippen molar-refractivity contribution in [1.29, 1.82) is 0 Å². The highest BCUT2D eigenvalue weighted by molar-refractivity contribution is 5.97. The fraction of sp³-hybridized carbons (Fsp3) is 0.500. The Morgan fingerprint density at radius 1 is 1.04 bits per heavy atom. The smallest absolute Gasteiger partial charge is 0.409 e. The van der Waals surface area contributed by atoms with Crippen LogP contribution in [0, 0.1) is 0 Å². The molecule has 0 atom stereocenters. The molecule has 8 heteroatoms. The van der Waals surface area contributed by atoms with E-state index in [-0.39, 0.29) is 24.5 Å². The quantitative estimate of drug-likeness (QED) is 0.789. The van der Waals surface area contributed by atoms with Gasteiger partial charge < -0.3 is 24.2 Å². The molecule has 2 rings (SSSR count). The van der Waals surface area contributed by atoms with Crippen LogP contribution in [0.15, 0.2) is 24.3 Å². The van der Waals surface area contributed by atoms with Gasteiger partial charge in [-0.1, -0.05) is 0 Å². The average Bonchev–Trinajstić information content (AvgIpc) is 2.66. The first-order valence-electron chi connectivity index (χ1n) is 8.58. The summed E-state index contributed by atoms with van der Waals surface area (Å²) in [5.74, 6) is 0.312. The van der Waals surface area contributed by atoms with Crippen LogP contribution in [0.1, 0.15) is 13.8 Å². The monoisotopic (exact) mass is 363 g/mol. The maximum atomic E-state index is 12.6. The van der Waals surface area contributed by atoms with E-state index in [1.165, 1.54) is 11.8 Å². The van der Waals surface area contributed by atoms with Crippen LogP contribution in [0.3, 0.4) is 0 Å². The molecule has 1 aromatic carbocycles. The normalized spacial score (nSPS) is 14.0. The summed E-state index contributed by atoms with van der Waals surface area (Å²) in [6, 6.07) is 6.97. The lowest BCUT2D eigenvalue weighted by atomic mass is 10.2. The number of carbonyl (C=O) groups is 3. The van der Waals surface area contributed by atoms with E-state index < -0.39 is 0 Å². The van der Waals surface area contributed by atoms with Gasteiger partial charge in [0.1, 0.15) is 12.3 Å². The van der Waals surface area contributed by atoms with E-state index in [1.54, 1.807) is 48.1 Å². The van der Waals surface area contributed by atoms with Gasteiger partial charge in [-0.2, -0.15) is 0 Å². The summed E-state index contributed by atoms with van der Waals surface area (Å²) >= 11 is 0. The van der Waals surface area contributed by atoms with Gasteiger partial charge in [-0.25, -0.2) is 4.79 Å². The van der Waals surface area contributed by atoms with Crippen molar-refractivity contribution in [1.82, 2.24) is 9.80 Å². The number of hydrogen-bond acceptors (Lipinski definition) is 5. The molecule has 0 unspecified atom stereocenters. The molecule has 0 radical (unpaired) electrons. The first kappa shape index (κ1) is 19.6. The molecule has 3 amide bonds. The lowest BCUT2D eigenvalue weighted by molar-refractivity contribution is -0.132. The predicted octanol–water partition coefficient (Wildman–Crippen LogP) is 1.35. The summed E-state index contributed by atoms with van der Waals surface area (Å²) in [4.78, 5) is 41.0. The Labute approximate surface area is 153 Å². The van der Waals surface area contributed by atoms with Crippen molar-refractivity contribution in [2.45, 2.75) is 13.8 Å². The van der Waals surface area contributed by atoms with E-state index in [1.807, 2.05) is 0 Å². The van der Waals surface area contributed by atoms with E-state index >= 15 is 0 Å². The Kier molecular flexibility index (Phi) is 6.82. The second kappa shape index (κ2) is 9.07. The minimum Gasteiger partial charge on any atom is -0.497 e. The third kappa shape index (κ3) is 4.87. The number of rotatable bonds is 5. The zero-order chi connectivity index (χ0) is 19.1. The Morgan fingerprint density at radius 3 is 2.12 bits per heavy atom. The lowest BCUT2D eigenvalue weighted by Gasteiger charge is -2.35. The Balaban J connectivity index is 1.96. The Morgan fingerprint density at radius 2 is 1.62 bits per heavy atom. The summed E-state index contributed by atoms with van der Waals surface area (Å²) in [6.45, 7) is 5.16. The molecule has 26 heavy (non-hydrogen) atoms. The van der Waals surface area contributed by atoms with Crippen molar-refractivity contribution in [2.75, 3.05) is 51.3 Å². The van der Waals surface area contributed by atoms with Gasteiger partial charge >= 0.3 is 6.09 Å². The summed E-state index contributed by atoms with van der Waals surface area (Å²) in [5, 5.41) is 0. The van der Waals surface area contributed by atoms with Crippen LogP contribution in [0.2, 0.25) is 0 Å². The highest BCUT2D eigenvalue weighted by atomic mass is 16.6. The van der Waals surface area contributed by atoms with Gasteiger partial charge in [0.05, 0.1) is 13.7 Å². The largest absolute Gasteiger partial charge is 0.497 e. The van der Waals surface area contributed by atoms with E-state index in [0.29, 0.717) is 44.2 Å². The van der Waals surface area contributed by atoms with Gasteiger partial charge in [0.2, 0.25) is 11.8 Å². The molecule has 1 saturated heterocycles. The van der Waals surface area contributed by atoms with E-state index in [2.05, 4.69) is 0 Å². The second-order valence-electron chi connectivity index (χ2n) is 5.87. The third-order valence-corrected chi connectivity index (χ3v) is 4.22. The number of hydrogen-bond donors (Lipinski definition) is 0. The van der Waals surface area contributed by atoms with Crippen LogP contribution in [0.4, 0.5) is 10.5 Å². The lowest BCUT2D eigenvalue weighted by Crippen LogP contribution is -2.53. The molecule has 0 saturated carbocycles. The molecule has 0 aromatic heterocycles. The topological polar surface area (TPSA) is 79.4 Å². The molecule has 0 N–H and O–H groups in total. The van der Waals surface area contributed by atoms with Crippen molar-refractivity contribution in [2.24, 2.45) is 0 Å². The van der Waals surface area contributed by atoms with E-state index in [4.69, 9.17) is 9.47 Å². The highest BCUT2D eigenvalue weighted by Crippen LogP contribution is 2.19. The summed E-state index contributed by atoms with van der Waals surface area (Å²) in [5.41, 5.74) is 0.636. The predicted molar refractivity (Wildman–Crippen MR) is 96.2 cm³/mol. The van der Waals surface area contributed by atoms with Gasteiger partial charge in [-0.3, -0.25) is 9.59 Å². The summed E-state index contributed by atoms with van der Waals surface area (Å²) in [6.07, 6.45) is -0.358. The number of piperazine rings is 1. The van der Waals surface area contributed by atoms with Gasteiger partial charge in [-0.05, 0) is 31.2 Å². The molecular formula is C18H25N3O5. The van der Waals surface area contributed by atoms with Gasteiger partial charge in [-0.15, -0.1) is 0 Å². The molecule has 0 bridgehead atoms. The van der Waals surface area contributed by atoms with Gasteiger partial charge in [0.15, 0.2) is 0 Å². The first-order chi connectivity index (χ1) is 12.5. The van der Waals surface area contributed by atoms with Crippen LogP contribution < -0.4 is 9.64 Å². The van der Waals surface area contributed by atoms with Crippen LogP contribution >= 0.6 is 0 Å². The van der Waals surface area contributed by atoms with Crippen molar-refractivity contribution >= 4 is 23.6 Å². The number of methoxy groups -OCH3 is 1. The summed E-state index contributed by atoms with van der Waals surface area (Å²) in [7, 11) is 1.57. The number of carbonyl (C=O) groups excluding carboxylic acids is 3. The standard InChI is InChI=1S/C18H25N3O5/c1-4-26-18(24)20-11-9-19(10-12-20)17(23)13-21(14(2)22)15-5-7-16(25-3)8-6-15/h5-8H,4,9-13H2,1-3H3. The van der Waals surface area contributed by atoms with Crippen LogP contribution in [0.25, 0.3) is 0 Å². The molecular weight excluding hydrogens is 338 g/mol. The van der Waals surface area contributed by atoms with Gasteiger partial charge in [0.25, 0.3) is 0 Å². The van der Waals surface area contributed by atoms with E-state index in [0.717, 1.165) is 0 Å². The summed E-state index contributed by atoms with van der Waals surface area (Å²) < 4.78 is 10.1. The van der Waals surface area contributed by atoms with Crippen molar-refractivity contribution in [3.8, 4) is 5.75 Å². The van der Waals surface area contributed by atoms with Crippen molar-refractivity contribution < 1.29 is 23.9 Å². The molecule has 1 aliphatic heterocycles. The third-order valence-electron chi connectivity index (χ3n) is 4.22. The molecule has 1 aliphatic rings. The number of amides is 3. The molecule has 0 spiro atoms. The fourth-order valence-corrected chi connectivity index (χ4v) is 2.74. The number of ether oxygens (including phenoxy) is 2. The fourth-order valence-electron chi connectivity index (χ4n) is 2.74. The van der Waals surface area contributed by atoms with Crippen LogP contribution in [-0.4, -0.2) is 74.1 Å². The maximum absolute atomic E-state index is 12.6. The zero-order valence-corrected chi connectivity index (χ0v) is 15.4. The minimum absolute atomic E-state index is 0.0406. The number of nitrogens with zero attached hydrogens (tertiary/aromatic N) is 3. The van der Waals surface area contributed by atoms with Crippen molar-refractivity contribution in [3.05, 3.63) is 24.3 Å². The molecule has 0 aliphatic carbocycles. The molecule has 1 fully saturated rings. The molecule has 142 valence electrons. The van der Waals surface area contributed by atoms with Crippen LogP contribution in [0.5, 0.6) is 5.75 Å². The van der Waals surface area contributed by atoms with Gasteiger partial charge in [0, 0.05) is 38.8 Å². The Hall–Kier alpha value is -2.77. The first-order valence-corrected chi connectivity index (χ1v) is 8.58. The van der Waals surface area contributed by atoms with Crippen LogP contribution in [-0.2, 0) is 14.3 Å². The minimum atomic E-state index is -0.358. The Bertz CT molecular complexity index is 639. The molecule has 8 nitrogen and oxygen atoms in total.